The Labute approximate surface area is 90.7 Å². The third kappa shape index (κ3) is 4.86. The predicted octanol–water partition coefficient (Wildman–Crippen LogP) is 2.21. The summed E-state index contributed by atoms with van der Waals surface area (Å²) in [5, 5.41) is 9.01. The van der Waals surface area contributed by atoms with Crippen molar-refractivity contribution >= 4 is 5.97 Å². The number of carbonyl (C=O) groups is 1. The van der Waals surface area contributed by atoms with Gasteiger partial charge in [0.1, 0.15) is 5.70 Å². The molecular formula is C12H17NO2. The quantitative estimate of drug-likeness (QED) is 0.490. The zero-order valence-corrected chi connectivity index (χ0v) is 8.85. The maximum atomic E-state index is 11.0. The van der Waals surface area contributed by atoms with E-state index >= 15 is 0 Å². The minimum absolute atomic E-state index is 0.259. The van der Waals surface area contributed by atoms with E-state index in [2.05, 4.69) is 19.7 Å². The number of carboxylic acids is 1. The van der Waals surface area contributed by atoms with Gasteiger partial charge >= 0.3 is 5.97 Å². The van der Waals surface area contributed by atoms with Gasteiger partial charge in [-0.25, -0.2) is 4.79 Å². The molecule has 0 atom stereocenters. The van der Waals surface area contributed by atoms with Crippen molar-refractivity contribution in [2.75, 3.05) is 13.1 Å². The van der Waals surface area contributed by atoms with E-state index < -0.39 is 5.97 Å². The molecule has 15 heavy (non-hydrogen) atoms. The van der Waals surface area contributed by atoms with Crippen molar-refractivity contribution in [3.05, 3.63) is 49.7 Å². The van der Waals surface area contributed by atoms with Crippen LogP contribution in [0.5, 0.6) is 0 Å². The second-order valence-electron chi connectivity index (χ2n) is 2.90. The molecule has 0 fully saturated rings. The normalized spacial score (nSPS) is 10.5. The van der Waals surface area contributed by atoms with Gasteiger partial charge in [0.2, 0.25) is 0 Å². The van der Waals surface area contributed by atoms with Gasteiger partial charge < -0.3 is 10.0 Å². The number of hydrogen-bond donors (Lipinski definition) is 1. The van der Waals surface area contributed by atoms with Crippen molar-refractivity contribution in [1.29, 1.82) is 0 Å². The Morgan fingerprint density at radius 1 is 1.13 bits per heavy atom. The van der Waals surface area contributed by atoms with Gasteiger partial charge in [0, 0.05) is 13.1 Å². The van der Waals surface area contributed by atoms with Crippen LogP contribution >= 0.6 is 0 Å². The van der Waals surface area contributed by atoms with Gasteiger partial charge in [0.25, 0.3) is 0 Å². The van der Waals surface area contributed by atoms with Crippen molar-refractivity contribution in [3.8, 4) is 0 Å². The van der Waals surface area contributed by atoms with E-state index in [-0.39, 0.29) is 5.70 Å². The van der Waals surface area contributed by atoms with Gasteiger partial charge in [0.15, 0.2) is 0 Å². The summed E-state index contributed by atoms with van der Waals surface area (Å²) in [6.07, 6.45) is 7.14. The molecule has 0 amide bonds. The first-order chi connectivity index (χ1) is 7.17. The molecule has 0 aromatic rings. The van der Waals surface area contributed by atoms with Crippen LogP contribution in [-0.4, -0.2) is 29.1 Å². The Balaban J connectivity index is 4.80. The zero-order chi connectivity index (χ0) is 11.7. The summed E-state index contributed by atoms with van der Waals surface area (Å²) in [5.74, 6) is -0.944. The molecule has 82 valence electrons. The van der Waals surface area contributed by atoms with Crippen LogP contribution in [0, 0.1) is 0 Å². The Morgan fingerprint density at radius 2 is 1.67 bits per heavy atom. The lowest BCUT2D eigenvalue weighted by Gasteiger charge is -2.21. The fourth-order valence-corrected chi connectivity index (χ4v) is 1.13. The fourth-order valence-electron chi connectivity index (χ4n) is 1.13. The minimum Gasteiger partial charge on any atom is -0.477 e. The van der Waals surface area contributed by atoms with Gasteiger partial charge in [-0.05, 0) is 12.5 Å². The van der Waals surface area contributed by atoms with E-state index in [0.29, 0.717) is 19.5 Å². The summed E-state index contributed by atoms with van der Waals surface area (Å²) in [7, 11) is 0. The van der Waals surface area contributed by atoms with Gasteiger partial charge in [-0.1, -0.05) is 18.2 Å². The number of aliphatic carboxylic acids is 1. The number of hydrogen-bond acceptors (Lipinski definition) is 2. The molecule has 1 N–H and O–H groups in total. The van der Waals surface area contributed by atoms with E-state index in [9.17, 15) is 4.79 Å². The number of carboxylic acid groups (broad SMARTS) is 1. The molecule has 3 nitrogen and oxygen atoms in total. The maximum absolute atomic E-state index is 11.0. The molecule has 0 radical (unpaired) electrons. The Bertz CT molecular complexity index is 269. The molecule has 0 rings (SSSR count). The number of rotatable bonds is 8. The highest BCUT2D eigenvalue weighted by Gasteiger charge is 2.13. The standard InChI is InChI=1S/C12H17NO2/c1-4-7-8-11(12(14)15)13(9-5-2)10-6-3/h4-6,8H,1-3,7,9-10H2,(H,14,15)/b11-8+. The first kappa shape index (κ1) is 13.2. The van der Waals surface area contributed by atoms with Crippen LogP contribution in [0.4, 0.5) is 0 Å². The fraction of sp³-hybridized carbons (Fsp3) is 0.250. The van der Waals surface area contributed by atoms with Crippen LogP contribution in [-0.2, 0) is 4.79 Å². The van der Waals surface area contributed by atoms with Crippen LogP contribution in [0.25, 0.3) is 0 Å². The predicted molar refractivity (Wildman–Crippen MR) is 62.5 cm³/mol. The summed E-state index contributed by atoms with van der Waals surface area (Å²) >= 11 is 0. The van der Waals surface area contributed by atoms with Crippen LogP contribution in [0.15, 0.2) is 49.7 Å². The van der Waals surface area contributed by atoms with Crippen molar-refractivity contribution < 1.29 is 9.90 Å². The molecule has 0 aromatic carbocycles. The first-order valence-corrected chi connectivity index (χ1v) is 4.68. The summed E-state index contributed by atoms with van der Waals surface area (Å²) in [6, 6.07) is 0. The summed E-state index contributed by atoms with van der Waals surface area (Å²) in [4.78, 5) is 12.7. The van der Waals surface area contributed by atoms with Gasteiger partial charge in [-0.2, -0.15) is 0 Å². The molecule has 3 heteroatoms. The minimum atomic E-state index is -0.944. The van der Waals surface area contributed by atoms with Crippen LogP contribution in [0.3, 0.4) is 0 Å². The average molecular weight is 207 g/mol. The third-order valence-electron chi connectivity index (χ3n) is 1.74. The van der Waals surface area contributed by atoms with Crippen LogP contribution in [0.2, 0.25) is 0 Å². The zero-order valence-electron chi connectivity index (χ0n) is 8.85. The molecule has 0 saturated carbocycles. The molecule has 0 heterocycles. The molecule has 0 saturated heterocycles. The molecule has 0 spiro atoms. The van der Waals surface area contributed by atoms with Gasteiger partial charge in [-0.3, -0.25) is 0 Å². The van der Waals surface area contributed by atoms with Crippen molar-refractivity contribution in [2.24, 2.45) is 0 Å². The largest absolute Gasteiger partial charge is 0.477 e. The second kappa shape index (κ2) is 7.62. The molecule has 0 aliphatic carbocycles. The smallest absolute Gasteiger partial charge is 0.351 e. The van der Waals surface area contributed by atoms with Gasteiger partial charge in [0.05, 0.1) is 0 Å². The average Bonchev–Trinajstić information content (AvgIpc) is 2.18. The lowest BCUT2D eigenvalue weighted by molar-refractivity contribution is -0.134. The lowest BCUT2D eigenvalue weighted by atomic mass is 10.2. The molecule has 0 unspecified atom stereocenters. The van der Waals surface area contributed by atoms with E-state index in [0.717, 1.165) is 0 Å². The SMILES string of the molecule is C=CC/C=C(\C(=O)O)N(CC=C)CC=C. The number of nitrogens with zero attached hydrogens (tertiary/aromatic N) is 1. The molecule has 0 aliphatic heterocycles. The Kier molecular flexibility index (Phi) is 6.72. The second-order valence-corrected chi connectivity index (χ2v) is 2.90. The van der Waals surface area contributed by atoms with Crippen molar-refractivity contribution in [2.45, 2.75) is 6.42 Å². The highest BCUT2D eigenvalue weighted by Crippen LogP contribution is 2.06. The number of allylic oxidation sites excluding steroid dienone is 2. The van der Waals surface area contributed by atoms with Crippen molar-refractivity contribution in [3.63, 3.8) is 0 Å². The third-order valence-corrected chi connectivity index (χ3v) is 1.74. The van der Waals surface area contributed by atoms with Crippen LogP contribution in [0.1, 0.15) is 6.42 Å². The maximum Gasteiger partial charge on any atom is 0.351 e. The molecule has 0 aromatic heterocycles. The van der Waals surface area contributed by atoms with Crippen LogP contribution < -0.4 is 0 Å². The summed E-state index contributed by atoms with van der Waals surface area (Å²) in [6.45, 7) is 11.7. The van der Waals surface area contributed by atoms with E-state index in [1.54, 1.807) is 29.2 Å². The molecule has 0 aliphatic rings. The highest BCUT2D eigenvalue weighted by atomic mass is 16.4. The van der Waals surface area contributed by atoms with E-state index in [4.69, 9.17) is 5.11 Å². The highest BCUT2D eigenvalue weighted by molar-refractivity contribution is 5.85. The molecular weight excluding hydrogens is 190 g/mol. The summed E-state index contributed by atoms with van der Waals surface area (Å²) < 4.78 is 0. The van der Waals surface area contributed by atoms with Crippen molar-refractivity contribution in [1.82, 2.24) is 4.90 Å². The molecule has 0 bridgehead atoms. The Morgan fingerprint density at radius 3 is 2.00 bits per heavy atom. The topological polar surface area (TPSA) is 40.5 Å². The summed E-state index contributed by atoms with van der Waals surface area (Å²) in [5.41, 5.74) is 0.259. The van der Waals surface area contributed by atoms with Gasteiger partial charge in [-0.15, -0.1) is 19.7 Å². The Hall–Kier alpha value is -1.77. The lowest BCUT2D eigenvalue weighted by Crippen LogP contribution is -2.28. The monoisotopic (exact) mass is 207 g/mol. The van der Waals surface area contributed by atoms with E-state index in [1.807, 2.05) is 0 Å². The first-order valence-electron chi connectivity index (χ1n) is 4.68. The van der Waals surface area contributed by atoms with E-state index in [1.165, 1.54) is 0 Å².